The molecule has 0 aromatic carbocycles. The fraction of sp³-hybridized carbons (Fsp3) is 0.273. The Labute approximate surface area is 113 Å². The lowest BCUT2D eigenvalue weighted by Gasteiger charge is -2.05. The molecular weight excluding hydrogens is 279 g/mol. The van der Waals surface area contributed by atoms with E-state index in [4.69, 9.17) is 32.4 Å². The smallest absolute Gasteiger partial charge is 0.247 e. The number of ketones is 1. The minimum absolute atomic E-state index is 0.126. The van der Waals surface area contributed by atoms with Gasteiger partial charge in [0.25, 0.3) is 0 Å². The summed E-state index contributed by atoms with van der Waals surface area (Å²) in [6.07, 6.45) is 1.41. The second kappa shape index (κ2) is 5.56. The Hall–Kier alpha value is -1.30. The highest BCUT2D eigenvalue weighted by molar-refractivity contribution is 6.34. The standard InChI is InChI=1S/C11H10Cl2N2O3/c1-17-5-4-15-10(7(12)6-14-15)11(16)8-2-3-9(13)18-8/h2-3,6H,4-5H2,1H3. The zero-order valence-corrected chi connectivity index (χ0v) is 11.0. The third kappa shape index (κ3) is 2.58. The fourth-order valence-corrected chi connectivity index (χ4v) is 1.86. The van der Waals surface area contributed by atoms with Gasteiger partial charge in [0.2, 0.25) is 5.78 Å². The maximum atomic E-state index is 12.2. The number of aromatic nitrogens is 2. The molecule has 2 heterocycles. The van der Waals surface area contributed by atoms with Gasteiger partial charge < -0.3 is 9.15 Å². The van der Waals surface area contributed by atoms with E-state index < -0.39 is 0 Å². The zero-order chi connectivity index (χ0) is 13.1. The van der Waals surface area contributed by atoms with Crippen LogP contribution in [0.15, 0.2) is 22.7 Å². The molecule has 0 amide bonds. The largest absolute Gasteiger partial charge is 0.441 e. The number of carbonyl (C=O) groups is 1. The van der Waals surface area contributed by atoms with Crippen molar-refractivity contribution in [3.05, 3.63) is 40.0 Å². The second-order valence-corrected chi connectivity index (χ2v) is 4.27. The molecule has 2 rings (SSSR count). The average molecular weight is 289 g/mol. The molecule has 0 bridgehead atoms. The predicted octanol–water partition coefficient (Wildman–Crippen LogP) is 2.66. The van der Waals surface area contributed by atoms with E-state index >= 15 is 0 Å². The van der Waals surface area contributed by atoms with Crippen LogP contribution in [0.2, 0.25) is 10.2 Å². The van der Waals surface area contributed by atoms with Gasteiger partial charge in [0, 0.05) is 7.11 Å². The molecule has 0 saturated heterocycles. The van der Waals surface area contributed by atoms with Gasteiger partial charge in [-0.05, 0) is 23.7 Å². The van der Waals surface area contributed by atoms with Crippen LogP contribution in [0.5, 0.6) is 0 Å². The van der Waals surface area contributed by atoms with Crippen LogP contribution in [0, 0.1) is 0 Å². The van der Waals surface area contributed by atoms with Gasteiger partial charge in [-0.2, -0.15) is 5.10 Å². The molecular formula is C11H10Cl2N2O3. The summed E-state index contributed by atoms with van der Waals surface area (Å²) in [4.78, 5) is 12.2. The van der Waals surface area contributed by atoms with Crippen LogP contribution in [0.25, 0.3) is 0 Å². The minimum Gasteiger partial charge on any atom is -0.441 e. The first kappa shape index (κ1) is 13.1. The maximum Gasteiger partial charge on any atom is 0.247 e. The number of hydrogen-bond acceptors (Lipinski definition) is 4. The van der Waals surface area contributed by atoms with Gasteiger partial charge >= 0.3 is 0 Å². The van der Waals surface area contributed by atoms with Crippen molar-refractivity contribution >= 4 is 29.0 Å². The first-order chi connectivity index (χ1) is 8.63. The van der Waals surface area contributed by atoms with Crippen molar-refractivity contribution in [3.63, 3.8) is 0 Å². The van der Waals surface area contributed by atoms with E-state index in [1.165, 1.54) is 23.0 Å². The molecule has 5 nitrogen and oxygen atoms in total. The van der Waals surface area contributed by atoms with Gasteiger partial charge in [-0.3, -0.25) is 9.48 Å². The molecule has 0 N–H and O–H groups in total. The van der Waals surface area contributed by atoms with Crippen molar-refractivity contribution in [1.29, 1.82) is 0 Å². The topological polar surface area (TPSA) is 57.3 Å². The molecule has 0 fully saturated rings. The summed E-state index contributed by atoms with van der Waals surface area (Å²) in [5, 5.41) is 4.43. The van der Waals surface area contributed by atoms with Crippen molar-refractivity contribution in [2.24, 2.45) is 0 Å². The van der Waals surface area contributed by atoms with Crippen LogP contribution in [-0.4, -0.2) is 29.3 Å². The number of halogens is 2. The molecule has 0 aliphatic carbocycles. The molecule has 2 aromatic rings. The number of methoxy groups -OCH3 is 1. The number of carbonyl (C=O) groups excluding carboxylic acids is 1. The van der Waals surface area contributed by atoms with Gasteiger partial charge in [0.05, 0.1) is 24.4 Å². The Bertz CT molecular complexity index is 562. The fourth-order valence-electron chi connectivity index (χ4n) is 1.49. The number of ether oxygens (including phenoxy) is 1. The van der Waals surface area contributed by atoms with E-state index in [2.05, 4.69) is 5.10 Å². The van der Waals surface area contributed by atoms with E-state index in [0.29, 0.717) is 13.2 Å². The monoisotopic (exact) mass is 288 g/mol. The highest BCUT2D eigenvalue weighted by atomic mass is 35.5. The molecule has 0 aliphatic heterocycles. The molecule has 96 valence electrons. The lowest BCUT2D eigenvalue weighted by atomic mass is 10.2. The zero-order valence-electron chi connectivity index (χ0n) is 9.52. The third-order valence-electron chi connectivity index (χ3n) is 2.31. The second-order valence-electron chi connectivity index (χ2n) is 3.49. The number of hydrogen-bond donors (Lipinski definition) is 0. The lowest BCUT2D eigenvalue weighted by Crippen LogP contribution is -2.14. The first-order valence-electron chi connectivity index (χ1n) is 5.13. The molecule has 0 saturated carbocycles. The number of nitrogens with zero attached hydrogens (tertiary/aromatic N) is 2. The van der Waals surface area contributed by atoms with Gasteiger partial charge in [0.15, 0.2) is 11.0 Å². The van der Waals surface area contributed by atoms with Crippen molar-refractivity contribution in [3.8, 4) is 0 Å². The van der Waals surface area contributed by atoms with E-state index in [0.717, 1.165) is 0 Å². The summed E-state index contributed by atoms with van der Waals surface area (Å²) < 4.78 is 11.5. The third-order valence-corrected chi connectivity index (χ3v) is 2.79. The summed E-state index contributed by atoms with van der Waals surface area (Å²) in [6, 6.07) is 2.99. The summed E-state index contributed by atoms with van der Waals surface area (Å²) in [5.74, 6) is -0.235. The average Bonchev–Trinajstić information content (AvgIpc) is 2.92. The van der Waals surface area contributed by atoms with Gasteiger partial charge in [-0.1, -0.05) is 11.6 Å². The Balaban J connectivity index is 2.32. The maximum absolute atomic E-state index is 12.2. The van der Waals surface area contributed by atoms with Gasteiger partial charge in [-0.15, -0.1) is 0 Å². The van der Waals surface area contributed by atoms with Crippen LogP contribution in [0.3, 0.4) is 0 Å². The summed E-state index contributed by atoms with van der Waals surface area (Å²) in [7, 11) is 1.57. The van der Waals surface area contributed by atoms with E-state index in [1.807, 2.05) is 0 Å². The van der Waals surface area contributed by atoms with Crippen molar-refractivity contribution in [2.75, 3.05) is 13.7 Å². The van der Waals surface area contributed by atoms with Crippen molar-refractivity contribution in [2.45, 2.75) is 6.54 Å². The molecule has 18 heavy (non-hydrogen) atoms. The van der Waals surface area contributed by atoms with Crippen LogP contribution in [-0.2, 0) is 11.3 Å². The minimum atomic E-state index is -0.361. The first-order valence-corrected chi connectivity index (χ1v) is 5.89. The van der Waals surface area contributed by atoms with E-state index in [-0.39, 0.29) is 27.5 Å². The normalized spacial score (nSPS) is 10.8. The Kier molecular flexibility index (Phi) is 4.06. The Morgan fingerprint density at radius 2 is 2.28 bits per heavy atom. The van der Waals surface area contributed by atoms with Crippen LogP contribution in [0.4, 0.5) is 0 Å². The Morgan fingerprint density at radius 3 is 2.89 bits per heavy atom. The van der Waals surface area contributed by atoms with Crippen LogP contribution >= 0.6 is 23.2 Å². The highest BCUT2D eigenvalue weighted by Crippen LogP contribution is 2.22. The molecule has 0 unspecified atom stereocenters. The van der Waals surface area contributed by atoms with E-state index in [9.17, 15) is 4.79 Å². The summed E-state index contributed by atoms with van der Waals surface area (Å²) in [5.41, 5.74) is 0.264. The van der Waals surface area contributed by atoms with Gasteiger partial charge in [0.1, 0.15) is 5.69 Å². The Morgan fingerprint density at radius 1 is 1.50 bits per heavy atom. The predicted molar refractivity (Wildman–Crippen MR) is 66.3 cm³/mol. The summed E-state index contributed by atoms with van der Waals surface area (Å²) in [6.45, 7) is 0.857. The number of rotatable bonds is 5. The van der Waals surface area contributed by atoms with E-state index in [1.54, 1.807) is 7.11 Å². The molecule has 0 atom stereocenters. The molecule has 0 spiro atoms. The SMILES string of the molecule is COCCn1ncc(Cl)c1C(=O)c1ccc(Cl)o1. The molecule has 7 heteroatoms. The number of furan rings is 1. The quantitative estimate of drug-likeness (QED) is 0.794. The summed E-state index contributed by atoms with van der Waals surface area (Å²) >= 11 is 11.6. The highest BCUT2D eigenvalue weighted by Gasteiger charge is 2.21. The molecule has 2 aromatic heterocycles. The van der Waals surface area contributed by atoms with Crippen LogP contribution < -0.4 is 0 Å². The lowest BCUT2D eigenvalue weighted by molar-refractivity contribution is 0.0995. The molecule has 0 aliphatic rings. The van der Waals surface area contributed by atoms with Crippen LogP contribution in [0.1, 0.15) is 16.2 Å². The van der Waals surface area contributed by atoms with Gasteiger partial charge in [-0.25, -0.2) is 0 Å². The van der Waals surface area contributed by atoms with Crippen molar-refractivity contribution in [1.82, 2.24) is 9.78 Å². The van der Waals surface area contributed by atoms with Crippen molar-refractivity contribution < 1.29 is 13.9 Å². The molecule has 0 radical (unpaired) electrons.